The van der Waals surface area contributed by atoms with E-state index in [1.807, 2.05) is 30.5 Å². The molecule has 20 heavy (non-hydrogen) atoms. The van der Waals surface area contributed by atoms with Crippen LogP contribution in [0, 0.1) is 5.92 Å². The lowest BCUT2D eigenvalue weighted by Gasteiger charge is -2.12. The van der Waals surface area contributed by atoms with Crippen LogP contribution in [0.3, 0.4) is 0 Å². The van der Waals surface area contributed by atoms with Crippen molar-refractivity contribution in [1.82, 2.24) is 15.3 Å². The lowest BCUT2D eigenvalue weighted by molar-refractivity contribution is 0.656. The first-order valence-electron chi connectivity index (χ1n) is 7.33. The zero-order valence-electron chi connectivity index (χ0n) is 12.6. The predicted molar refractivity (Wildman–Crippen MR) is 85.5 cm³/mol. The number of rotatable bonds is 6. The number of hydrogen-bond donors (Lipinski definition) is 1. The number of para-hydroxylation sites is 2. The first-order valence-corrected chi connectivity index (χ1v) is 7.33. The molecule has 0 fully saturated rings. The van der Waals surface area contributed by atoms with Gasteiger partial charge in [0.1, 0.15) is 0 Å². The molecule has 1 aromatic heterocycles. The minimum atomic E-state index is 0.507. The Morgan fingerprint density at radius 2 is 2.00 bits per heavy atom. The number of hydrogen-bond acceptors (Lipinski definition) is 3. The second-order valence-electron chi connectivity index (χ2n) is 5.33. The van der Waals surface area contributed by atoms with E-state index >= 15 is 0 Å². The molecule has 0 saturated carbocycles. The van der Waals surface area contributed by atoms with Crippen LogP contribution < -0.4 is 5.32 Å². The minimum Gasteiger partial charge on any atom is -0.313 e. The van der Waals surface area contributed by atoms with Crippen LogP contribution in [-0.2, 0) is 0 Å². The Morgan fingerprint density at radius 3 is 2.70 bits per heavy atom. The van der Waals surface area contributed by atoms with Crippen LogP contribution in [0.4, 0.5) is 0 Å². The summed E-state index contributed by atoms with van der Waals surface area (Å²) in [5, 5.41) is 3.46. The van der Waals surface area contributed by atoms with Crippen molar-refractivity contribution in [3.8, 4) is 0 Å². The van der Waals surface area contributed by atoms with Crippen LogP contribution in [0.5, 0.6) is 0 Å². The molecule has 3 heteroatoms. The van der Waals surface area contributed by atoms with Crippen molar-refractivity contribution >= 4 is 17.1 Å². The predicted octanol–water partition coefficient (Wildman–Crippen LogP) is 3.67. The molecule has 0 radical (unpaired) electrons. The fourth-order valence-electron chi connectivity index (χ4n) is 2.06. The number of nitrogens with zero attached hydrogens (tertiary/aromatic N) is 2. The van der Waals surface area contributed by atoms with Gasteiger partial charge >= 0.3 is 0 Å². The summed E-state index contributed by atoms with van der Waals surface area (Å²) in [6, 6.07) is 7.98. The maximum absolute atomic E-state index is 4.66. The van der Waals surface area contributed by atoms with Gasteiger partial charge in [-0.2, -0.15) is 0 Å². The molecule has 0 unspecified atom stereocenters. The van der Waals surface area contributed by atoms with Crippen LogP contribution in [0.2, 0.25) is 0 Å². The molecule has 2 aromatic rings. The van der Waals surface area contributed by atoms with Crippen molar-refractivity contribution < 1.29 is 0 Å². The molecule has 0 saturated heterocycles. The van der Waals surface area contributed by atoms with E-state index in [4.69, 9.17) is 0 Å². The molecule has 2 rings (SSSR count). The SMILES string of the molecule is CCCNCC(=Cc1cnc2ccccc2n1)C(C)C. The van der Waals surface area contributed by atoms with Gasteiger partial charge in [-0.05, 0) is 37.1 Å². The first-order chi connectivity index (χ1) is 9.70. The molecule has 0 atom stereocenters. The molecule has 1 N–H and O–H groups in total. The quantitative estimate of drug-likeness (QED) is 0.813. The molecule has 0 aliphatic heterocycles. The summed E-state index contributed by atoms with van der Waals surface area (Å²) in [6.07, 6.45) is 5.17. The van der Waals surface area contributed by atoms with E-state index < -0.39 is 0 Å². The van der Waals surface area contributed by atoms with E-state index in [-0.39, 0.29) is 0 Å². The van der Waals surface area contributed by atoms with Gasteiger partial charge in [0, 0.05) is 6.54 Å². The summed E-state index contributed by atoms with van der Waals surface area (Å²) in [5.41, 5.74) is 4.19. The Hall–Kier alpha value is -1.74. The van der Waals surface area contributed by atoms with Crippen molar-refractivity contribution in [3.63, 3.8) is 0 Å². The standard InChI is InChI=1S/C17H23N3/c1-4-9-18-11-14(13(2)3)10-15-12-19-16-7-5-6-8-17(16)20-15/h5-8,10,12-13,18H,4,9,11H2,1-3H3. The summed E-state index contributed by atoms with van der Waals surface area (Å²) >= 11 is 0. The number of nitrogens with one attached hydrogen (secondary N) is 1. The molecule has 0 bridgehead atoms. The molecule has 0 amide bonds. The number of benzene rings is 1. The second kappa shape index (κ2) is 7.15. The third kappa shape index (κ3) is 3.87. The normalized spacial score (nSPS) is 12.3. The van der Waals surface area contributed by atoms with E-state index in [0.29, 0.717) is 5.92 Å². The lowest BCUT2D eigenvalue weighted by Crippen LogP contribution is -2.20. The monoisotopic (exact) mass is 269 g/mol. The van der Waals surface area contributed by atoms with E-state index in [1.165, 1.54) is 5.57 Å². The van der Waals surface area contributed by atoms with Gasteiger partial charge in [0.05, 0.1) is 22.9 Å². The summed E-state index contributed by atoms with van der Waals surface area (Å²) in [7, 11) is 0. The van der Waals surface area contributed by atoms with Crippen molar-refractivity contribution in [2.75, 3.05) is 13.1 Å². The smallest absolute Gasteiger partial charge is 0.0894 e. The highest BCUT2D eigenvalue weighted by Crippen LogP contribution is 2.15. The summed E-state index contributed by atoms with van der Waals surface area (Å²) in [4.78, 5) is 9.12. The van der Waals surface area contributed by atoms with Crippen molar-refractivity contribution in [2.24, 2.45) is 5.92 Å². The molecule has 3 nitrogen and oxygen atoms in total. The zero-order valence-corrected chi connectivity index (χ0v) is 12.6. The van der Waals surface area contributed by atoms with E-state index in [9.17, 15) is 0 Å². The average Bonchev–Trinajstić information content (AvgIpc) is 2.46. The molecule has 0 aliphatic rings. The Kier molecular flexibility index (Phi) is 5.24. The van der Waals surface area contributed by atoms with Gasteiger partial charge in [0.25, 0.3) is 0 Å². The average molecular weight is 269 g/mol. The summed E-state index contributed by atoms with van der Waals surface area (Å²) in [6.45, 7) is 8.58. The third-order valence-electron chi connectivity index (χ3n) is 3.30. The fraction of sp³-hybridized carbons (Fsp3) is 0.412. The Morgan fingerprint density at radius 1 is 1.25 bits per heavy atom. The van der Waals surface area contributed by atoms with Crippen molar-refractivity contribution in [2.45, 2.75) is 27.2 Å². The molecular formula is C17H23N3. The Balaban J connectivity index is 2.23. The maximum atomic E-state index is 4.66. The second-order valence-corrected chi connectivity index (χ2v) is 5.33. The maximum Gasteiger partial charge on any atom is 0.0894 e. The highest BCUT2D eigenvalue weighted by atomic mass is 14.8. The van der Waals surface area contributed by atoms with Gasteiger partial charge in [0.2, 0.25) is 0 Å². The largest absolute Gasteiger partial charge is 0.313 e. The molecule has 0 spiro atoms. The van der Waals surface area contributed by atoms with E-state index in [2.05, 4.69) is 42.1 Å². The Labute approximate surface area is 121 Å². The van der Waals surface area contributed by atoms with E-state index in [1.54, 1.807) is 0 Å². The number of fused-ring (bicyclic) bond motifs is 1. The fourth-order valence-corrected chi connectivity index (χ4v) is 2.06. The molecule has 1 aromatic carbocycles. The van der Waals surface area contributed by atoms with Crippen LogP contribution in [0.1, 0.15) is 32.9 Å². The minimum absolute atomic E-state index is 0.507. The van der Waals surface area contributed by atoms with Gasteiger partial charge in [-0.25, -0.2) is 4.98 Å². The van der Waals surface area contributed by atoms with Gasteiger partial charge in [-0.1, -0.05) is 38.5 Å². The van der Waals surface area contributed by atoms with Crippen LogP contribution in [0.15, 0.2) is 36.0 Å². The van der Waals surface area contributed by atoms with Crippen molar-refractivity contribution in [3.05, 3.63) is 41.7 Å². The molecular weight excluding hydrogens is 246 g/mol. The van der Waals surface area contributed by atoms with Crippen LogP contribution in [-0.4, -0.2) is 23.1 Å². The summed E-state index contributed by atoms with van der Waals surface area (Å²) in [5.74, 6) is 0.507. The lowest BCUT2D eigenvalue weighted by atomic mass is 10.0. The van der Waals surface area contributed by atoms with E-state index in [0.717, 1.165) is 36.2 Å². The van der Waals surface area contributed by atoms with Crippen molar-refractivity contribution in [1.29, 1.82) is 0 Å². The van der Waals surface area contributed by atoms with Gasteiger partial charge < -0.3 is 5.32 Å². The van der Waals surface area contributed by atoms with Crippen LogP contribution in [0.25, 0.3) is 17.1 Å². The molecule has 106 valence electrons. The zero-order chi connectivity index (χ0) is 14.4. The molecule has 0 aliphatic carbocycles. The summed E-state index contributed by atoms with van der Waals surface area (Å²) < 4.78 is 0. The van der Waals surface area contributed by atoms with Gasteiger partial charge in [0.15, 0.2) is 0 Å². The number of aromatic nitrogens is 2. The highest BCUT2D eigenvalue weighted by molar-refractivity contribution is 5.74. The highest BCUT2D eigenvalue weighted by Gasteiger charge is 2.04. The topological polar surface area (TPSA) is 37.8 Å². The Bertz CT molecular complexity index is 588. The van der Waals surface area contributed by atoms with Crippen LogP contribution >= 0.6 is 0 Å². The molecule has 1 heterocycles. The van der Waals surface area contributed by atoms with Gasteiger partial charge in [-0.3, -0.25) is 4.98 Å². The van der Waals surface area contributed by atoms with Gasteiger partial charge in [-0.15, -0.1) is 0 Å². The third-order valence-corrected chi connectivity index (χ3v) is 3.30. The first kappa shape index (κ1) is 14.7.